The molecule has 0 heterocycles. The van der Waals surface area contributed by atoms with Crippen LogP contribution in [0.15, 0.2) is 84.9 Å². The SMILES string of the molecule is CS(=O)(=O)N(CCCC(=O)N(Cc1ccccc1)C(Cc1ccccc1)C(=O)NC1CCCCC1)c1ccc(Cl)cc1. The van der Waals surface area contributed by atoms with Crippen molar-refractivity contribution in [2.24, 2.45) is 0 Å². The van der Waals surface area contributed by atoms with Crippen LogP contribution in [0.5, 0.6) is 0 Å². The second kappa shape index (κ2) is 15.2. The average Bonchev–Trinajstić information content (AvgIpc) is 2.98. The lowest BCUT2D eigenvalue weighted by Crippen LogP contribution is -2.52. The van der Waals surface area contributed by atoms with Crippen molar-refractivity contribution in [3.05, 3.63) is 101 Å². The zero-order valence-corrected chi connectivity index (χ0v) is 25.7. The Morgan fingerprint density at radius 1 is 0.881 bits per heavy atom. The zero-order valence-electron chi connectivity index (χ0n) is 24.1. The molecule has 0 aliphatic heterocycles. The molecule has 1 aliphatic carbocycles. The van der Waals surface area contributed by atoms with Crippen LogP contribution in [-0.2, 0) is 32.6 Å². The fraction of sp³-hybridized carbons (Fsp3) is 0.394. The number of nitrogens with zero attached hydrogens (tertiary/aromatic N) is 2. The van der Waals surface area contributed by atoms with Crippen LogP contribution in [0.3, 0.4) is 0 Å². The van der Waals surface area contributed by atoms with Gasteiger partial charge in [0.1, 0.15) is 6.04 Å². The zero-order chi connectivity index (χ0) is 30.0. The predicted molar refractivity (Wildman–Crippen MR) is 169 cm³/mol. The number of carbonyl (C=O) groups is 2. The van der Waals surface area contributed by atoms with Crippen LogP contribution >= 0.6 is 11.6 Å². The van der Waals surface area contributed by atoms with E-state index in [-0.39, 0.29) is 37.4 Å². The summed E-state index contributed by atoms with van der Waals surface area (Å²) in [6.07, 6.45) is 7.17. The van der Waals surface area contributed by atoms with E-state index in [0.29, 0.717) is 23.6 Å². The number of carbonyl (C=O) groups excluding carboxylic acids is 2. The number of benzene rings is 3. The summed E-state index contributed by atoms with van der Waals surface area (Å²) in [5.41, 5.74) is 2.38. The largest absolute Gasteiger partial charge is 0.352 e. The van der Waals surface area contributed by atoms with E-state index in [2.05, 4.69) is 5.32 Å². The Morgan fingerprint density at radius 3 is 2.07 bits per heavy atom. The minimum Gasteiger partial charge on any atom is -0.352 e. The molecule has 4 rings (SSSR count). The lowest BCUT2D eigenvalue weighted by atomic mass is 9.94. The van der Waals surface area contributed by atoms with Gasteiger partial charge < -0.3 is 10.2 Å². The Balaban J connectivity index is 1.56. The fourth-order valence-corrected chi connectivity index (χ4v) is 6.58. The van der Waals surface area contributed by atoms with E-state index in [0.717, 1.165) is 43.1 Å². The highest BCUT2D eigenvalue weighted by molar-refractivity contribution is 7.92. The number of anilines is 1. The summed E-state index contributed by atoms with van der Waals surface area (Å²) in [6.45, 7) is 0.408. The number of nitrogens with one attached hydrogen (secondary N) is 1. The molecule has 3 aromatic carbocycles. The highest BCUT2D eigenvalue weighted by Gasteiger charge is 2.32. The molecule has 2 amide bonds. The molecule has 3 aromatic rings. The molecule has 42 heavy (non-hydrogen) atoms. The maximum absolute atomic E-state index is 13.9. The van der Waals surface area contributed by atoms with Gasteiger partial charge in [0.05, 0.1) is 11.9 Å². The van der Waals surface area contributed by atoms with Gasteiger partial charge in [-0.15, -0.1) is 0 Å². The molecular formula is C33H40ClN3O4S. The molecule has 1 aliphatic rings. The molecule has 0 radical (unpaired) electrons. The number of halogens is 1. The molecule has 7 nitrogen and oxygen atoms in total. The van der Waals surface area contributed by atoms with Crippen LogP contribution in [0, 0.1) is 0 Å². The maximum atomic E-state index is 13.9. The lowest BCUT2D eigenvalue weighted by molar-refractivity contribution is -0.141. The van der Waals surface area contributed by atoms with E-state index in [9.17, 15) is 18.0 Å². The summed E-state index contributed by atoms with van der Waals surface area (Å²) in [5.74, 6) is -0.336. The smallest absolute Gasteiger partial charge is 0.243 e. The van der Waals surface area contributed by atoms with Crippen molar-refractivity contribution in [2.75, 3.05) is 17.1 Å². The third-order valence-corrected chi connectivity index (χ3v) is 9.13. The summed E-state index contributed by atoms with van der Waals surface area (Å²) in [7, 11) is -3.58. The van der Waals surface area contributed by atoms with Crippen molar-refractivity contribution < 1.29 is 18.0 Å². The molecule has 0 saturated heterocycles. The summed E-state index contributed by atoms with van der Waals surface area (Å²) >= 11 is 6.00. The first kappa shape index (κ1) is 31.6. The van der Waals surface area contributed by atoms with Crippen LogP contribution in [0.1, 0.15) is 56.1 Å². The Morgan fingerprint density at radius 2 is 1.48 bits per heavy atom. The van der Waals surface area contributed by atoms with Crippen LogP contribution in [0.4, 0.5) is 5.69 Å². The van der Waals surface area contributed by atoms with Crippen molar-refractivity contribution in [3.8, 4) is 0 Å². The van der Waals surface area contributed by atoms with Gasteiger partial charge in [0.2, 0.25) is 21.8 Å². The Kier molecular flexibility index (Phi) is 11.4. The van der Waals surface area contributed by atoms with Gasteiger partial charge in [0, 0.05) is 37.0 Å². The van der Waals surface area contributed by atoms with E-state index < -0.39 is 16.1 Å². The molecule has 224 valence electrons. The van der Waals surface area contributed by atoms with Crippen molar-refractivity contribution in [3.63, 3.8) is 0 Å². The van der Waals surface area contributed by atoms with Gasteiger partial charge in [-0.1, -0.05) is 91.5 Å². The van der Waals surface area contributed by atoms with E-state index >= 15 is 0 Å². The fourth-order valence-electron chi connectivity index (χ4n) is 5.49. The van der Waals surface area contributed by atoms with Crippen LogP contribution in [-0.4, -0.2) is 50.0 Å². The molecule has 0 bridgehead atoms. The minimum atomic E-state index is -3.58. The standard InChI is InChI=1S/C33H40ClN3O4S/c1-42(40,41)37(30-21-19-28(34)20-22-30)23-11-18-32(38)36(25-27-14-7-3-8-15-27)31(24-26-12-5-2-6-13-26)33(39)35-29-16-9-4-10-17-29/h2-3,5-8,12-15,19-22,29,31H,4,9-11,16-18,23-25H2,1H3,(H,35,39). The van der Waals surface area contributed by atoms with Crippen molar-refractivity contribution in [1.82, 2.24) is 10.2 Å². The summed E-state index contributed by atoms with van der Waals surface area (Å²) in [4.78, 5) is 29.5. The number of amides is 2. The van der Waals surface area contributed by atoms with Crippen LogP contribution in [0.25, 0.3) is 0 Å². The van der Waals surface area contributed by atoms with Gasteiger partial charge in [0.25, 0.3) is 0 Å². The van der Waals surface area contributed by atoms with E-state index in [1.165, 1.54) is 10.7 Å². The monoisotopic (exact) mass is 609 g/mol. The predicted octanol–water partition coefficient (Wildman–Crippen LogP) is 5.98. The third-order valence-electron chi connectivity index (χ3n) is 7.69. The van der Waals surface area contributed by atoms with E-state index in [1.807, 2.05) is 60.7 Å². The Bertz CT molecular complexity index is 1400. The van der Waals surface area contributed by atoms with Gasteiger partial charge in [0.15, 0.2) is 0 Å². The molecule has 0 spiro atoms. The van der Waals surface area contributed by atoms with Crippen molar-refractivity contribution in [2.45, 2.75) is 70.0 Å². The summed E-state index contributed by atoms with van der Waals surface area (Å²) in [5, 5.41) is 3.76. The first-order valence-corrected chi connectivity index (χ1v) is 16.8. The summed E-state index contributed by atoms with van der Waals surface area (Å²) in [6, 6.07) is 25.4. The topological polar surface area (TPSA) is 86.8 Å². The summed E-state index contributed by atoms with van der Waals surface area (Å²) < 4.78 is 26.5. The van der Waals surface area contributed by atoms with Crippen LogP contribution < -0.4 is 9.62 Å². The molecule has 1 unspecified atom stereocenters. The van der Waals surface area contributed by atoms with Gasteiger partial charge >= 0.3 is 0 Å². The highest BCUT2D eigenvalue weighted by Crippen LogP contribution is 2.23. The van der Waals surface area contributed by atoms with E-state index in [1.54, 1.807) is 29.2 Å². The normalized spacial score (nSPS) is 14.6. The number of sulfonamides is 1. The molecule has 1 fully saturated rings. The lowest BCUT2D eigenvalue weighted by Gasteiger charge is -2.34. The quantitative estimate of drug-likeness (QED) is 0.258. The highest BCUT2D eigenvalue weighted by atomic mass is 35.5. The van der Waals surface area contributed by atoms with Gasteiger partial charge in [-0.2, -0.15) is 0 Å². The van der Waals surface area contributed by atoms with Gasteiger partial charge in [-0.25, -0.2) is 8.42 Å². The first-order chi connectivity index (χ1) is 20.2. The second-order valence-electron chi connectivity index (χ2n) is 11.0. The molecular weight excluding hydrogens is 570 g/mol. The second-order valence-corrected chi connectivity index (χ2v) is 13.3. The van der Waals surface area contributed by atoms with Crippen molar-refractivity contribution in [1.29, 1.82) is 0 Å². The van der Waals surface area contributed by atoms with Crippen LogP contribution in [0.2, 0.25) is 5.02 Å². The first-order valence-electron chi connectivity index (χ1n) is 14.6. The molecule has 9 heteroatoms. The Labute approximate surface area is 254 Å². The average molecular weight is 610 g/mol. The third kappa shape index (κ3) is 9.33. The van der Waals surface area contributed by atoms with Crippen molar-refractivity contribution >= 4 is 39.1 Å². The van der Waals surface area contributed by atoms with E-state index in [4.69, 9.17) is 11.6 Å². The molecule has 0 aromatic heterocycles. The number of hydrogen-bond donors (Lipinski definition) is 1. The van der Waals surface area contributed by atoms with Gasteiger partial charge in [-0.05, 0) is 54.7 Å². The maximum Gasteiger partial charge on any atom is 0.243 e. The molecule has 1 atom stereocenters. The minimum absolute atomic E-state index is 0.0917. The Hall–Kier alpha value is -3.36. The number of rotatable bonds is 13. The van der Waals surface area contributed by atoms with Gasteiger partial charge in [-0.3, -0.25) is 13.9 Å². The number of hydrogen-bond acceptors (Lipinski definition) is 4. The molecule has 1 saturated carbocycles. The molecule has 1 N–H and O–H groups in total.